The zero-order valence-electron chi connectivity index (χ0n) is 15.9. The van der Waals surface area contributed by atoms with E-state index in [4.69, 9.17) is 0 Å². The molecule has 10 heteroatoms. The minimum atomic E-state index is -4.56. The summed E-state index contributed by atoms with van der Waals surface area (Å²) < 4.78 is 55.1. The fourth-order valence-corrected chi connectivity index (χ4v) is 3.33. The van der Waals surface area contributed by atoms with Gasteiger partial charge < -0.3 is 10.6 Å². The Balaban J connectivity index is 1.76. The van der Waals surface area contributed by atoms with Gasteiger partial charge in [0, 0.05) is 24.6 Å². The first kappa shape index (κ1) is 20.6. The van der Waals surface area contributed by atoms with Gasteiger partial charge in [0.15, 0.2) is 5.82 Å². The summed E-state index contributed by atoms with van der Waals surface area (Å²) in [5.74, 6) is -1.92. The molecule has 1 atom stereocenters. The van der Waals surface area contributed by atoms with Gasteiger partial charge in [-0.05, 0) is 24.3 Å². The van der Waals surface area contributed by atoms with E-state index in [2.05, 4.69) is 15.7 Å². The van der Waals surface area contributed by atoms with Crippen LogP contribution >= 0.6 is 0 Å². The van der Waals surface area contributed by atoms with Gasteiger partial charge in [-0.15, -0.1) is 5.10 Å². The highest BCUT2D eigenvalue weighted by molar-refractivity contribution is 5.97. The summed E-state index contributed by atoms with van der Waals surface area (Å²) >= 11 is 0. The SMILES string of the molecule is O=C1C[C@@H](C(=O)Nc2cc(-c3cccc(C(F)(F)F)c3)n(-c3ccccc3F)n2)CN1. The quantitative estimate of drug-likeness (QED) is 0.617. The number of aromatic nitrogens is 2. The van der Waals surface area contributed by atoms with Crippen molar-refractivity contribution in [2.24, 2.45) is 5.92 Å². The Morgan fingerprint density at radius 1 is 1.13 bits per heavy atom. The zero-order valence-corrected chi connectivity index (χ0v) is 15.9. The summed E-state index contributed by atoms with van der Waals surface area (Å²) in [6, 6.07) is 11.6. The summed E-state index contributed by atoms with van der Waals surface area (Å²) in [5, 5.41) is 9.31. The third kappa shape index (κ3) is 4.27. The summed E-state index contributed by atoms with van der Waals surface area (Å²) in [4.78, 5) is 23.8. The Morgan fingerprint density at radius 3 is 2.58 bits per heavy atom. The maximum atomic E-state index is 14.4. The molecule has 0 saturated carbocycles. The second-order valence-corrected chi connectivity index (χ2v) is 7.05. The van der Waals surface area contributed by atoms with Crippen LogP contribution in [0.2, 0.25) is 0 Å². The Bertz CT molecular complexity index is 1160. The van der Waals surface area contributed by atoms with Gasteiger partial charge in [-0.1, -0.05) is 24.3 Å². The van der Waals surface area contributed by atoms with Crippen molar-refractivity contribution < 1.29 is 27.2 Å². The third-order valence-electron chi connectivity index (χ3n) is 4.88. The number of amides is 2. The largest absolute Gasteiger partial charge is 0.416 e. The highest BCUT2D eigenvalue weighted by Gasteiger charge is 2.31. The summed E-state index contributed by atoms with van der Waals surface area (Å²) in [5.41, 5.74) is -0.559. The lowest BCUT2D eigenvalue weighted by Crippen LogP contribution is -2.24. The van der Waals surface area contributed by atoms with E-state index in [1.165, 1.54) is 36.4 Å². The minimum absolute atomic E-state index is 0.00752. The number of carbonyl (C=O) groups is 2. The van der Waals surface area contributed by atoms with Crippen LogP contribution in [0, 0.1) is 11.7 Å². The van der Waals surface area contributed by atoms with Gasteiger partial charge in [0.2, 0.25) is 11.8 Å². The number of benzene rings is 2. The molecule has 2 heterocycles. The number of halogens is 4. The maximum Gasteiger partial charge on any atom is 0.416 e. The van der Waals surface area contributed by atoms with Gasteiger partial charge in [0.1, 0.15) is 11.5 Å². The molecule has 0 bridgehead atoms. The predicted molar refractivity (Wildman–Crippen MR) is 104 cm³/mol. The molecule has 0 spiro atoms. The van der Waals surface area contributed by atoms with Crippen molar-refractivity contribution in [1.82, 2.24) is 15.1 Å². The molecule has 2 amide bonds. The maximum absolute atomic E-state index is 14.4. The van der Waals surface area contributed by atoms with E-state index in [9.17, 15) is 27.2 Å². The molecule has 160 valence electrons. The predicted octanol–water partition coefficient (Wildman–Crippen LogP) is 3.77. The molecule has 1 aliphatic heterocycles. The van der Waals surface area contributed by atoms with E-state index in [-0.39, 0.29) is 41.6 Å². The molecular formula is C21H16F4N4O2. The van der Waals surface area contributed by atoms with Gasteiger partial charge in [0.25, 0.3) is 0 Å². The lowest BCUT2D eigenvalue weighted by Gasteiger charge is -2.11. The second-order valence-electron chi connectivity index (χ2n) is 7.05. The van der Waals surface area contributed by atoms with E-state index < -0.39 is 29.4 Å². The van der Waals surface area contributed by atoms with Gasteiger partial charge >= 0.3 is 6.18 Å². The Labute approximate surface area is 173 Å². The number of hydrogen-bond acceptors (Lipinski definition) is 3. The van der Waals surface area contributed by atoms with Gasteiger partial charge in [-0.25, -0.2) is 9.07 Å². The third-order valence-corrected chi connectivity index (χ3v) is 4.88. The van der Waals surface area contributed by atoms with Crippen LogP contribution in [0.15, 0.2) is 54.6 Å². The lowest BCUT2D eigenvalue weighted by molar-refractivity contribution is -0.137. The van der Waals surface area contributed by atoms with E-state index in [1.807, 2.05) is 0 Å². The fraction of sp³-hybridized carbons (Fsp3) is 0.190. The number of rotatable bonds is 4. The number of hydrogen-bond donors (Lipinski definition) is 2. The highest BCUT2D eigenvalue weighted by atomic mass is 19.4. The van der Waals surface area contributed by atoms with Gasteiger partial charge in [-0.2, -0.15) is 13.2 Å². The molecule has 1 aliphatic rings. The molecule has 6 nitrogen and oxygen atoms in total. The fourth-order valence-electron chi connectivity index (χ4n) is 3.33. The van der Waals surface area contributed by atoms with Crippen molar-refractivity contribution in [3.63, 3.8) is 0 Å². The molecule has 31 heavy (non-hydrogen) atoms. The van der Waals surface area contributed by atoms with Crippen LogP contribution in [0.3, 0.4) is 0 Å². The topological polar surface area (TPSA) is 76.0 Å². The van der Waals surface area contributed by atoms with Crippen molar-refractivity contribution in [3.8, 4) is 16.9 Å². The second kappa shape index (κ2) is 7.86. The monoisotopic (exact) mass is 432 g/mol. The van der Waals surface area contributed by atoms with E-state index in [0.29, 0.717) is 0 Å². The number of alkyl halides is 3. The van der Waals surface area contributed by atoms with Gasteiger partial charge in [0.05, 0.1) is 17.2 Å². The smallest absolute Gasteiger partial charge is 0.355 e. The molecule has 0 unspecified atom stereocenters. The molecule has 0 aliphatic carbocycles. The molecule has 4 rings (SSSR count). The van der Waals surface area contributed by atoms with Crippen molar-refractivity contribution >= 4 is 17.6 Å². The molecule has 0 radical (unpaired) electrons. The highest BCUT2D eigenvalue weighted by Crippen LogP contribution is 2.34. The Morgan fingerprint density at radius 2 is 1.90 bits per heavy atom. The summed E-state index contributed by atoms with van der Waals surface area (Å²) in [6.45, 7) is 0.180. The van der Waals surface area contributed by atoms with Crippen molar-refractivity contribution in [3.05, 3.63) is 66.0 Å². The van der Waals surface area contributed by atoms with Crippen LogP contribution in [0.5, 0.6) is 0 Å². The van der Waals surface area contributed by atoms with Crippen LogP contribution in [-0.2, 0) is 15.8 Å². The Kier molecular flexibility index (Phi) is 5.22. The first-order chi connectivity index (χ1) is 14.7. The lowest BCUT2D eigenvalue weighted by atomic mass is 10.1. The normalized spacial score (nSPS) is 16.3. The van der Waals surface area contributed by atoms with E-state index in [0.717, 1.165) is 16.8 Å². The minimum Gasteiger partial charge on any atom is -0.355 e. The van der Waals surface area contributed by atoms with Crippen molar-refractivity contribution in [2.45, 2.75) is 12.6 Å². The van der Waals surface area contributed by atoms with Crippen LogP contribution in [-0.4, -0.2) is 28.1 Å². The number of nitrogens with one attached hydrogen (secondary N) is 2. The standard InChI is InChI=1S/C21H16F4N4O2/c22-15-6-1-2-7-16(15)29-17(12-4-3-5-14(8-12)21(23,24)25)10-18(28-29)27-20(31)13-9-19(30)26-11-13/h1-8,10,13H,9,11H2,(H,26,30)(H,27,28,31)/t13-/m1/s1. The van der Waals surface area contributed by atoms with Crippen LogP contribution in [0.1, 0.15) is 12.0 Å². The number of para-hydroxylation sites is 1. The molecule has 1 fully saturated rings. The van der Waals surface area contributed by atoms with E-state index >= 15 is 0 Å². The molecule has 2 aromatic carbocycles. The summed E-state index contributed by atoms with van der Waals surface area (Å²) in [6.07, 6.45) is -4.53. The zero-order chi connectivity index (χ0) is 22.2. The Hall–Kier alpha value is -3.69. The average molecular weight is 432 g/mol. The molecule has 1 saturated heterocycles. The number of anilines is 1. The van der Waals surface area contributed by atoms with Crippen LogP contribution < -0.4 is 10.6 Å². The van der Waals surface area contributed by atoms with Crippen molar-refractivity contribution in [2.75, 3.05) is 11.9 Å². The average Bonchev–Trinajstić information content (AvgIpc) is 3.34. The van der Waals surface area contributed by atoms with Crippen LogP contribution in [0.4, 0.5) is 23.4 Å². The summed E-state index contributed by atoms with van der Waals surface area (Å²) in [7, 11) is 0. The van der Waals surface area contributed by atoms with Gasteiger partial charge in [-0.3, -0.25) is 9.59 Å². The molecule has 3 aromatic rings. The van der Waals surface area contributed by atoms with Crippen molar-refractivity contribution in [1.29, 1.82) is 0 Å². The molecule has 1 aromatic heterocycles. The van der Waals surface area contributed by atoms with Crippen LogP contribution in [0.25, 0.3) is 16.9 Å². The molecule has 2 N–H and O–H groups in total. The number of carbonyl (C=O) groups excluding carboxylic acids is 2. The van der Waals surface area contributed by atoms with E-state index in [1.54, 1.807) is 6.07 Å². The molecular weight excluding hydrogens is 416 g/mol. The first-order valence-corrected chi connectivity index (χ1v) is 9.32. The first-order valence-electron chi connectivity index (χ1n) is 9.32. The number of nitrogens with zero attached hydrogens (tertiary/aromatic N) is 2.